The van der Waals surface area contributed by atoms with Crippen LogP contribution in [-0.4, -0.2) is 18.2 Å². The van der Waals surface area contributed by atoms with Crippen LogP contribution in [0.15, 0.2) is 36.4 Å². The first-order valence-corrected chi connectivity index (χ1v) is 5.58. The largest absolute Gasteiger partial charge is 0.508 e. The predicted molar refractivity (Wildman–Crippen MR) is 67.8 cm³/mol. The van der Waals surface area contributed by atoms with Crippen molar-refractivity contribution < 1.29 is 5.11 Å². The quantitative estimate of drug-likeness (QED) is 0.825. The molecule has 0 aliphatic heterocycles. The summed E-state index contributed by atoms with van der Waals surface area (Å²) >= 11 is 0. The molecule has 0 radical (unpaired) electrons. The maximum Gasteiger partial charge on any atom is 0.116 e. The molecule has 0 bridgehead atoms. The van der Waals surface area contributed by atoms with Crippen molar-refractivity contribution in [1.82, 2.24) is 5.32 Å². The number of rotatable bonds is 3. The van der Waals surface area contributed by atoms with Crippen molar-refractivity contribution in [2.24, 2.45) is 0 Å². The molecular formula is C14H17NO. The number of fused-ring (bicyclic) bond motifs is 1. The van der Waals surface area contributed by atoms with Gasteiger partial charge >= 0.3 is 0 Å². The van der Waals surface area contributed by atoms with Gasteiger partial charge in [-0.25, -0.2) is 0 Å². The van der Waals surface area contributed by atoms with E-state index in [1.54, 1.807) is 12.1 Å². The molecule has 2 heteroatoms. The predicted octanol–water partition coefficient (Wildman–Crippen LogP) is 2.70. The third-order valence-corrected chi connectivity index (χ3v) is 2.92. The minimum Gasteiger partial charge on any atom is -0.508 e. The van der Waals surface area contributed by atoms with Crippen molar-refractivity contribution in [1.29, 1.82) is 0 Å². The number of phenolic OH excluding ortho intramolecular Hbond substituents is 1. The van der Waals surface area contributed by atoms with Gasteiger partial charge in [0.05, 0.1) is 0 Å². The average Bonchev–Trinajstić information content (AvgIpc) is 2.29. The second kappa shape index (κ2) is 4.54. The molecule has 1 atom stereocenters. The molecule has 0 aromatic heterocycles. The van der Waals surface area contributed by atoms with Crippen molar-refractivity contribution in [3.8, 4) is 5.75 Å². The molecule has 0 spiro atoms. The van der Waals surface area contributed by atoms with Gasteiger partial charge in [0.2, 0.25) is 0 Å². The van der Waals surface area contributed by atoms with Crippen molar-refractivity contribution in [2.75, 3.05) is 7.05 Å². The van der Waals surface area contributed by atoms with E-state index < -0.39 is 0 Å². The molecule has 0 fully saturated rings. The first-order valence-electron chi connectivity index (χ1n) is 5.58. The highest BCUT2D eigenvalue weighted by molar-refractivity contribution is 5.84. The second-order valence-corrected chi connectivity index (χ2v) is 4.26. The average molecular weight is 215 g/mol. The van der Waals surface area contributed by atoms with Gasteiger partial charge in [0, 0.05) is 6.04 Å². The van der Waals surface area contributed by atoms with Gasteiger partial charge in [-0.2, -0.15) is 0 Å². The summed E-state index contributed by atoms with van der Waals surface area (Å²) in [4.78, 5) is 0. The Morgan fingerprint density at radius 2 is 1.81 bits per heavy atom. The Kier molecular flexibility index (Phi) is 3.11. The van der Waals surface area contributed by atoms with E-state index in [1.807, 2.05) is 13.1 Å². The minimum absolute atomic E-state index is 0.323. The van der Waals surface area contributed by atoms with Gasteiger partial charge < -0.3 is 10.4 Å². The van der Waals surface area contributed by atoms with Gasteiger partial charge in [-0.1, -0.05) is 24.3 Å². The lowest BCUT2D eigenvalue weighted by molar-refractivity contribution is 0.476. The Bertz CT molecular complexity index is 493. The standard InChI is InChI=1S/C14H17NO/c1-10(15-2)7-11-3-4-13-9-14(16)6-5-12(13)8-11/h3-6,8-10,15-16H,7H2,1-2H3. The van der Waals surface area contributed by atoms with Crippen molar-refractivity contribution >= 4 is 10.8 Å². The Labute approximate surface area is 95.9 Å². The zero-order chi connectivity index (χ0) is 11.5. The molecule has 2 aromatic carbocycles. The lowest BCUT2D eigenvalue weighted by Crippen LogP contribution is -2.23. The third-order valence-electron chi connectivity index (χ3n) is 2.92. The van der Waals surface area contributed by atoms with E-state index in [-0.39, 0.29) is 0 Å². The molecular weight excluding hydrogens is 198 g/mol. The number of likely N-dealkylation sites (N-methyl/N-ethyl adjacent to an activating group) is 1. The maximum atomic E-state index is 9.37. The van der Waals surface area contributed by atoms with Gasteiger partial charge in [-0.05, 0) is 48.9 Å². The number of aromatic hydroxyl groups is 1. The van der Waals surface area contributed by atoms with E-state index in [9.17, 15) is 5.11 Å². The summed E-state index contributed by atoms with van der Waals surface area (Å²) in [7, 11) is 1.98. The topological polar surface area (TPSA) is 32.3 Å². The Hall–Kier alpha value is -1.54. The lowest BCUT2D eigenvalue weighted by atomic mass is 10.0. The molecule has 2 N–H and O–H groups in total. The zero-order valence-corrected chi connectivity index (χ0v) is 9.70. The first kappa shape index (κ1) is 11.0. The molecule has 16 heavy (non-hydrogen) atoms. The molecule has 0 amide bonds. The summed E-state index contributed by atoms with van der Waals surface area (Å²) in [6, 6.07) is 12.3. The Balaban J connectivity index is 2.33. The van der Waals surface area contributed by atoms with Gasteiger partial charge in [0.1, 0.15) is 5.75 Å². The number of nitrogens with one attached hydrogen (secondary N) is 1. The lowest BCUT2D eigenvalue weighted by Gasteiger charge is -2.10. The van der Waals surface area contributed by atoms with Gasteiger partial charge in [0.15, 0.2) is 0 Å². The number of hydrogen-bond donors (Lipinski definition) is 2. The third kappa shape index (κ3) is 2.34. The zero-order valence-electron chi connectivity index (χ0n) is 9.70. The number of benzene rings is 2. The summed E-state index contributed by atoms with van der Waals surface area (Å²) in [6.07, 6.45) is 1.02. The van der Waals surface area contributed by atoms with Crippen LogP contribution in [0.1, 0.15) is 12.5 Å². The van der Waals surface area contributed by atoms with Crippen LogP contribution in [0.25, 0.3) is 10.8 Å². The Morgan fingerprint density at radius 3 is 2.56 bits per heavy atom. The van der Waals surface area contributed by atoms with Crippen molar-refractivity contribution in [3.63, 3.8) is 0 Å². The number of phenols is 1. The van der Waals surface area contributed by atoms with Crippen LogP contribution >= 0.6 is 0 Å². The fraction of sp³-hybridized carbons (Fsp3) is 0.286. The Morgan fingerprint density at radius 1 is 1.12 bits per heavy atom. The van der Waals surface area contributed by atoms with E-state index >= 15 is 0 Å². The van der Waals surface area contributed by atoms with Crippen LogP contribution in [0.4, 0.5) is 0 Å². The van der Waals surface area contributed by atoms with Gasteiger partial charge in [-0.15, -0.1) is 0 Å². The van der Waals surface area contributed by atoms with E-state index in [1.165, 1.54) is 10.9 Å². The van der Waals surface area contributed by atoms with E-state index in [2.05, 4.69) is 30.4 Å². The van der Waals surface area contributed by atoms with Crippen LogP contribution in [0, 0.1) is 0 Å². The highest BCUT2D eigenvalue weighted by Crippen LogP contribution is 2.21. The SMILES string of the molecule is CNC(C)Cc1ccc2cc(O)ccc2c1. The second-order valence-electron chi connectivity index (χ2n) is 4.26. The molecule has 0 aliphatic rings. The molecule has 2 rings (SSSR count). The normalized spacial score (nSPS) is 12.9. The molecule has 0 saturated carbocycles. The van der Waals surface area contributed by atoms with E-state index in [0.29, 0.717) is 11.8 Å². The van der Waals surface area contributed by atoms with Crippen molar-refractivity contribution in [2.45, 2.75) is 19.4 Å². The monoisotopic (exact) mass is 215 g/mol. The highest BCUT2D eigenvalue weighted by atomic mass is 16.3. The van der Waals surface area contributed by atoms with E-state index in [0.717, 1.165) is 11.8 Å². The minimum atomic E-state index is 0.323. The summed E-state index contributed by atoms with van der Waals surface area (Å²) < 4.78 is 0. The van der Waals surface area contributed by atoms with Crippen LogP contribution in [0.5, 0.6) is 5.75 Å². The first-order chi connectivity index (χ1) is 7.69. The summed E-state index contributed by atoms with van der Waals surface area (Å²) in [5.74, 6) is 0.323. The van der Waals surface area contributed by atoms with Crippen LogP contribution in [0.2, 0.25) is 0 Å². The summed E-state index contributed by atoms with van der Waals surface area (Å²) in [5, 5.41) is 14.9. The molecule has 1 unspecified atom stereocenters. The fourth-order valence-corrected chi connectivity index (χ4v) is 1.87. The van der Waals surface area contributed by atoms with E-state index in [4.69, 9.17) is 0 Å². The van der Waals surface area contributed by atoms with Crippen LogP contribution in [-0.2, 0) is 6.42 Å². The fourth-order valence-electron chi connectivity index (χ4n) is 1.87. The molecule has 0 aliphatic carbocycles. The maximum absolute atomic E-state index is 9.37. The van der Waals surface area contributed by atoms with Crippen LogP contribution in [0.3, 0.4) is 0 Å². The summed E-state index contributed by atoms with van der Waals surface area (Å²) in [5.41, 5.74) is 1.32. The molecule has 0 heterocycles. The van der Waals surface area contributed by atoms with Gasteiger partial charge in [-0.3, -0.25) is 0 Å². The molecule has 84 valence electrons. The molecule has 0 saturated heterocycles. The number of hydrogen-bond acceptors (Lipinski definition) is 2. The van der Waals surface area contributed by atoms with Gasteiger partial charge in [0.25, 0.3) is 0 Å². The van der Waals surface area contributed by atoms with Crippen LogP contribution < -0.4 is 5.32 Å². The summed E-state index contributed by atoms with van der Waals surface area (Å²) in [6.45, 7) is 2.17. The smallest absolute Gasteiger partial charge is 0.116 e. The molecule has 2 nitrogen and oxygen atoms in total. The highest BCUT2D eigenvalue weighted by Gasteiger charge is 2.02. The molecule has 2 aromatic rings. The van der Waals surface area contributed by atoms with Crippen molar-refractivity contribution in [3.05, 3.63) is 42.0 Å².